The quantitative estimate of drug-likeness (QED) is 0.242. The van der Waals surface area contributed by atoms with E-state index in [-0.39, 0.29) is 11.3 Å². The van der Waals surface area contributed by atoms with E-state index in [1.165, 1.54) is 35.7 Å². The standard InChI is InChI=1S/C33H42N4O/c1-5-6-14-29-36-31-28(20-33(2,3)4)35-27-13-8-7-12-26(27)32(31)37(29)22-25-17-15-24(16-18-25)21-34-30(38)19-23-10-9-11-23/h7-8,12-13,15-18,23H,5-6,9-11,14,19-22H2,1-4H3,(H,34,38). The molecule has 1 aliphatic rings. The molecule has 0 radical (unpaired) electrons. The van der Waals surface area contributed by atoms with E-state index < -0.39 is 0 Å². The normalized spacial score (nSPS) is 14.2. The molecule has 1 aliphatic carbocycles. The van der Waals surface area contributed by atoms with Crippen molar-refractivity contribution in [3.8, 4) is 0 Å². The first-order valence-corrected chi connectivity index (χ1v) is 14.4. The predicted octanol–water partition coefficient (Wildman–Crippen LogP) is 7.37. The van der Waals surface area contributed by atoms with Gasteiger partial charge in [0.1, 0.15) is 11.3 Å². The van der Waals surface area contributed by atoms with Crippen LogP contribution < -0.4 is 5.32 Å². The van der Waals surface area contributed by atoms with Gasteiger partial charge in [-0.1, -0.05) is 83.0 Å². The number of benzene rings is 2. The smallest absolute Gasteiger partial charge is 0.220 e. The fraction of sp³-hybridized carbons (Fsp3) is 0.485. The molecule has 0 aliphatic heterocycles. The molecular weight excluding hydrogens is 468 g/mol. The number of unbranched alkanes of at least 4 members (excludes halogenated alkanes) is 1. The fourth-order valence-electron chi connectivity index (χ4n) is 5.44. The van der Waals surface area contributed by atoms with Gasteiger partial charge < -0.3 is 9.88 Å². The van der Waals surface area contributed by atoms with E-state index in [9.17, 15) is 4.79 Å². The van der Waals surface area contributed by atoms with Gasteiger partial charge in [0.15, 0.2) is 0 Å². The van der Waals surface area contributed by atoms with Crippen LogP contribution in [0.3, 0.4) is 0 Å². The van der Waals surface area contributed by atoms with Crippen molar-refractivity contribution in [1.82, 2.24) is 19.9 Å². The first kappa shape index (κ1) is 26.4. The Labute approximate surface area is 227 Å². The van der Waals surface area contributed by atoms with Crippen molar-refractivity contribution < 1.29 is 4.79 Å². The molecular formula is C33H42N4O. The van der Waals surface area contributed by atoms with Gasteiger partial charge in [0.25, 0.3) is 0 Å². The zero-order valence-electron chi connectivity index (χ0n) is 23.5. The molecule has 0 unspecified atom stereocenters. The van der Waals surface area contributed by atoms with Crippen LogP contribution in [0.5, 0.6) is 0 Å². The lowest BCUT2D eigenvalue weighted by atomic mass is 9.83. The summed E-state index contributed by atoms with van der Waals surface area (Å²) < 4.78 is 2.43. The number of carbonyl (C=O) groups excluding carboxylic acids is 1. The predicted molar refractivity (Wildman–Crippen MR) is 156 cm³/mol. The average Bonchev–Trinajstić information content (AvgIpc) is 3.22. The number of pyridine rings is 1. The number of amides is 1. The largest absolute Gasteiger partial charge is 0.352 e. The molecule has 2 heterocycles. The van der Waals surface area contributed by atoms with Crippen LogP contribution in [0.1, 0.15) is 88.9 Å². The van der Waals surface area contributed by atoms with Crippen LogP contribution in [0, 0.1) is 11.3 Å². The van der Waals surface area contributed by atoms with E-state index in [0.29, 0.717) is 18.9 Å². The number of aromatic nitrogens is 3. The van der Waals surface area contributed by atoms with Crippen molar-refractivity contribution in [3.05, 3.63) is 71.2 Å². The van der Waals surface area contributed by atoms with Crippen LogP contribution in [0.4, 0.5) is 0 Å². The van der Waals surface area contributed by atoms with Crippen LogP contribution in [0.15, 0.2) is 48.5 Å². The topological polar surface area (TPSA) is 59.8 Å². The molecule has 1 saturated carbocycles. The summed E-state index contributed by atoms with van der Waals surface area (Å²) in [5, 5.41) is 4.27. The summed E-state index contributed by atoms with van der Waals surface area (Å²) >= 11 is 0. The van der Waals surface area contributed by atoms with Gasteiger partial charge in [-0.2, -0.15) is 0 Å². The maximum atomic E-state index is 12.2. The first-order chi connectivity index (χ1) is 18.3. The Balaban J connectivity index is 1.45. The van der Waals surface area contributed by atoms with Gasteiger partial charge in [0.2, 0.25) is 5.91 Å². The second-order valence-electron chi connectivity index (χ2n) is 12.3. The van der Waals surface area contributed by atoms with Crippen molar-refractivity contribution in [2.24, 2.45) is 11.3 Å². The summed E-state index contributed by atoms with van der Waals surface area (Å²) in [4.78, 5) is 22.6. The summed E-state index contributed by atoms with van der Waals surface area (Å²) in [6.07, 6.45) is 8.45. The highest BCUT2D eigenvalue weighted by molar-refractivity contribution is 6.03. The highest BCUT2D eigenvalue weighted by atomic mass is 16.1. The molecule has 200 valence electrons. The zero-order chi connectivity index (χ0) is 26.7. The Morgan fingerprint density at radius 1 is 1.03 bits per heavy atom. The number of carbonyl (C=O) groups is 1. The van der Waals surface area contributed by atoms with Crippen LogP contribution >= 0.6 is 0 Å². The lowest BCUT2D eigenvalue weighted by Crippen LogP contribution is -2.27. The summed E-state index contributed by atoms with van der Waals surface area (Å²) in [5.74, 6) is 1.91. The molecule has 0 spiro atoms. The number of para-hydroxylation sites is 1. The Morgan fingerprint density at radius 3 is 2.45 bits per heavy atom. The van der Waals surface area contributed by atoms with Crippen molar-refractivity contribution in [2.45, 2.75) is 92.2 Å². The maximum absolute atomic E-state index is 12.2. The first-order valence-electron chi connectivity index (χ1n) is 14.4. The van der Waals surface area contributed by atoms with Gasteiger partial charge in [-0.05, 0) is 54.2 Å². The fourth-order valence-corrected chi connectivity index (χ4v) is 5.44. The molecule has 0 saturated heterocycles. The summed E-state index contributed by atoms with van der Waals surface area (Å²) in [5.41, 5.74) is 6.89. The number of imidazole rings is 1. The monoisotopic (exact) mass is 510 g/mol. The minimum absolute atomic E-state index is 0.124. The number of rotatable bonds is 10. The third kappa shape index (κ3) is 6.09. The van der Waals surface area contributed by atoms with Crippen LogP contribution in [-0.2, 0) is 30.7 Å². The lowest BCUT2D eigenvalue weighted by molar-refractivity contribution is -0.122. The molecule has 38 heavy (non-hydrogen) atoms. The molecule has 1 fully saturated rings. The highest BCUT2D eigenvalue weighted by Crippen LogP contribution is 2.32. The molecule has 2 aromatic heterocycles. The Bertz CT molecular complexity index is 1410. The lowest BCUT2D eigenvalue weighted by Gasteiger charge is -2.24. The average molecular weight is 511 g/mol. The minimum Gasteiger partial charge on any atom is -0.352 e. The number of hydrogen-bond donors (Lipinski definition) is 1. The van der Waals surface area contributed by atoms with E-state index in [4.69, 9.17) is 9.97 Å². The van der Waals surface area contributed by atoms with Gasteiger partial charge in [0.05, 0.1) is 16.7 Å². The third-order valence-electron chi connectivity index (χ3n) is 7.74. The third-order valence-corrected chi connectivity index (χ3v) is 7.74. The van der Waals surface area contributed by atoms with Crippen LogP contribution in [0.25, 0.3) is 21.9 Å². The zero-order valence-corrected chi connectivity index (χ0v) is 23.5. The molecule has 0 atom stereocenters. The molecule has 4 aromatic rings. The van der Waals surface area contributed by atoms with Gasteiger partial charge in [-0.3, -0.25) is 9.78 Å². The summed E-state index contributed by atoms with van der Waals surface area (Å²) in [6.45, 7) is 10.4. The number of fused-ring (bicyclic) bond motifs is 3. The summed E-state index contributed by atoms with van der Waals surface area (Å²) in [7, 11) is 0. The van der Waals surface area contributed by atoms with Crippen molar-refractivity contribution in [1.29, 1.82) is 0 Å². The van der Waals surface area contributed by atoms with Gasteiger partial charge in [-0.25, -0.2) is 4.98 Å². The molecule has 1 N–H and O–H groups in total. The van der Waals surface area contributed by atoms with E-state index in [0.717, 1.165) is 60.3 Å². The molecule has 5 nitrogen and oxygen atoms in total. The Morgan fingerprint density at radius 2 is 1.76 bits per heavy atom. The highest BCUT2D eigenvalue weighted by Gasteiger charge is 2.22. The number of nitrogens with zero attached hydrogens (tertiary/aromatic N) is 3. The van der Waals surface area contributed by atoms with E-state index in [1.54, 1.807) is 0 Å². The molecule has 5 heteroatoms. The van der Waals surface area contributed by atoms with E-state index >= 15 is 0 Å². The minimum atomic E-state index is 0.124. The Hall–Kier alpha value is -3.21. The van der Waals surface area contributed by atoms with E-state index in [1.807, 2.05) is 0 Å². The SMILES string of the molecule is CCCCc1nc2c(CC(C)(C)C)nc3ccccc3c2n1Cc1ccc(CNC(=O)CC2CCC2)cc1. The van der Waals surface area contributed by atoms with Crippen LogP contribution in [-0.4, -0.2) is 20.4 Å². The molecule has 5 rings (SSSR count). The van der Waals surface area contributed by atoms with Crippen molar-refractivity contribution in [2.75, 3.05) is 0 Å². The van der Waals surface area contributed by atoms with Crippen molar-refractivity contribution >= 4 is 27.8 Å². The van der Waals surface area contributed by atoms with Crippen LogP contribution in [0.2, 0.25) is 0 Å². The molecule has 2 aromatic carbocycles. The maximum Gasteiger partial charge on any atom is 0.220 e. The molecule has 0 bridgehead atoms. The second-order valence-corrected chi connectivity index (χ2v) is 12.3. The van der Waals surface area contributed by atoms with Gasteiger partial charge in [0, 0.05) is 31.3 Å². The number of nitrogens with one attached hydrogen (secondary N) is 1. The molecule has 1 amide bonds. The van der Waals surface area contributed by atoms with Crippen molar-refractivity contribution in [3.63, 3.8) is 0 Å². The number of aryl methyl sites for hydroxylation is 1. The summed E-state index contributed by atoms with van der Waals surface area (Å²) in [6, 6.07) is 17.2. The number of hydrogen-bond acceptors (Lipinski definition) is 3. The Kier molecular flexibility index (Phi) is 7.83. The van der Waals surface area contributed by atoms with E-state index in [2.05, 4.69) is 86.1 Å². The van der Waals surface area contributed by atoms with Gasteiger partial charge in [-0.15, -0.1) is 0 Å². The second kappa shape index (κ2) is 11.3. The van der Waals surface area contributed by atoms with Gasteiger partial charge >= 0.3 is 0 Å².